The zero-order chi connectivity index (χ0) is 22.1. The Hall–Kier alpha value is 0.000130. The van der Waals surface area contributed by atoms with Gasteiger partial charge in [0, 0.05) is 11.8 Å². The van der Waals surface area contributed by atoms with Crippen molar-refractivity contribution in [1.82, 2.24) is 13.7 Å². The minimum atomic E-state index is -1.64. The first-order chi connectivity index (χ1) is 14.9. The average molecular weight is 683 g/mol. The number of aromatic amines is 1. The van der Waals surface area contributed by atoms with Crippen LogP contribution in [0, 0.1) is 24.6 Å². The minimum Gasteiger partial charge on any atom is -0.358 e. The van der Waals surface area contributed by atoms with E-state index in [1.165, 1.54) is 9.72 Å². The summed E-state index contributed by atoms with van der Waals surface area (Å²) in [4.78, 5) is 2.22. The van der Waals surface area contributed by atoms with Gasteiger partial charge in [-0.3, -0.25) is 0 Å². The maximum atomic E-state index is 14.9. The molecule has 1 aromatic heterocycles. The molecule has 4 rings (SSSR count). The van der Waals surface area contributed by atoms with Gasteiger partial charge in [0.15, 0.2) is 5.88 Å². The van der Waals surface area contributed by atoms with Crippen LogP contribution < -0.4 is 86.9 Å². The largest absolute Gasteiger partial charge is 1.00 e. The molecule has 2 atom stereocenters. The molecule has 0 spiro atoms. The van der Waals surface area contributed by atoms with Crippen LogP contribution in [-0.2, 0) is 11.3 Å². The summed E-state index contributed by atoms with van der Waals surface area (Å²) in [5.74, 6) is 1.22. The zero-order valence-electron chi connectivity index (χ0n) is 20.1. The number of ether oxygens (including phenoxy) is 1. The predicted octanol–water partition coefficient (Wildman–Crippen LogP) is 0.807. The van der Waals surface area contributed by atoms with Gasteiger partial charge < -0.3 is 18.6 Å². The van der Waals surface area contributed by atoms with Gasteiger partial charge in [-0.15, -0.1) is 0 Å². The van der Waals surface area contributed by atoms with E-state index in [-0.39, 0.29) is 100 Å². The van der Waals surface area contributed by atoms with Crippen LogP contribution in [0.15, 0.2) is 29.7 Å². The van der Waals surface area contributed by atoms with Crippen molar-refractivity contribution in [2.45, 2.75) is 56.5 Å². The van der Waals surface area contributed by atoms with Crippen molar-refractivity contribution in [3.05, 3.63) is 54.2 Å². The summed E-state index contributed by atoms with van der Waals surface area (Å²) in [6.07, 6.45) is 3.98. The summed E-state index contributed by atoms with van der Waals surface area (Å²) in [6, 6.07) is 5.82. The van der Waals surface area contributed by atoms with Crippen molar-refractivity contribution < 1.29 is 78.0 Å². The number of rotatable bonds is 7. The number of halogens is 1. The molecule has 2 heterocycles. The second-order valence-electron chi connectivity index (χ2n) is 8.52. The second-order valence-corrected chi connectivity index (χ2v) is 14.0. The monoisotopic (exact) mass is 682 g/mol. The number of nitrogens with one attached hydrogen (secondary N) is 4. The molecule has 1 fully saturated rings. The van der Waals surface area contributed by atoms with Crippen LogP contribution in [0.1, 0.15) is 50.3 Å². The van der Waals surface area contributed by atoms with Crippen LogP contribution in [0.2, 0.25) is 4.87 Å². The second kappa shape index (κ2) is 12.8. The van der Waals surface area contributed by atoms with E-state index in [2.05, 4.69) is 23.9 Å². The van der Waals surface area contributed by atoms with E-state index >= 15 is 0 Å². The Balaban J connectivity index is 0.00000193. The topological polar surface area (TPSA) is 112 Å². The fourth-order valence-corrected chi connectivity index (χ4v) is 8.45. The molecule has 2 aliphatic rings. The number of benzene rings is 1. The number of anilines is 2. The zero-order valence-corrected chi connectivity index (χ0v) is 29.0. The Labute approximate surface area is 262 Å². The number of fused-ring (bicyclic) bond motifs is 1. The third kappa shape index (κ3) is 6.61. The van der Waals surface area contributed by atoms with Gasteiger partial charge in [0.05, 0.1) is 0 Å². The average Bonchev–Trinajstić information content (AvgIpc) is 3.45. The first-order valence-corrected chi connectivity index (χ1v) is 15.8. The molecule has 1 aliphatic heterocycles. The SMILES string of the molecule is CC(C)/C(C=N)=C(/N)OC1CCC(c2cc(Nc3cc[c]4c(c3F)C[NH][Sb]4[CH3])n[nH]2)C1.[CH3-].[Cs+]. The van der Waals surface area contributed by atoms with Crippen LogP contribution in [-0.4, -0.2) is 43.0 Å². The summed E-state index contributed by atoms with van der Waals surface area (Å²) in [5, 5.41) is 18.1. The van der Waals surface area contributed by atoms with E-state index in [1.54, 1.807) is 0 Å². The molecular weight excluding hydrogens is 650 g/mol. The summed E-state index contributed by atoms with van der Waals surface area (Å²) in [5.41, 5.74) is 9.09. The Morgan fingerprint density at radius 2 is 2.15 bits per heavy atom. The molecule has 0 radical (unpaired) electrons. The molecule has 174 valence electrons. The Kier molecular flexibility index (Phi) is 11.3. The van der Waals surface area contributed by atoms with Gasteiger partial charge >= 0.3 is 210 Å². The molecule has 0 saturated heterocycles. The fraction of sp³-hybridized carbons (Fsp3) is 0.435. The van der Waals surface area contributed by atoms with Crippen molar-refractivity contribution in [3.8, 4) is 0 Å². The summed E-state index contributed by atoms with van der Waals surface area (Å²) < 4.78 is 25.5. The van der Waals surface area contributed by atoms with Gasteiger partial charge in [-0.25, -0.2) is 0 Å². The van der Waals surface area contributed by atoms with E-state index in [0.717, 1.165) is 36.1 Å². The van der Waals surface area contributed by atoms with Gasteiger partial charge in [0.1, 0.15) is 0 Å². The maximum Gasteiger partial charge on any atom is 1.00 e. The van der Waals surface area contributed by atoms with Gasteiger partial charge in [0.2, 0.25) is 0 Å². The Morgan fingerprint density at radius 1 is 1.39 bits per heavy atom. The fourth-order valence-electron chi connectivity index (χ4n) is 4.32. The van der Waals surface area contributed by atoms with E-state index < -0.39 is 20.5 Å². The van der Waals surface area contributed by atoms with Crippen molar-refractivity contribution in [2.24, 2.45) is 11.7 Å². The minimum absolute atomic E-state index is 0. The van der Waals surface area contributed by atoms with Crippen LogP contribution in [0.4, 0.5) is 15.9 Å². The first kappa shape index (κ1) is 29.2. The summed E-state index contributed by atoms with van der Waals surface area (Å²) >= 11 is -1.64. The molecule has 6 N–H and O–H groups in total. The molecule has 0 bridgehead atoms. The molecule has 10 heteroatoms. The Bertz CT molecular complexity index is 1010. The number of allylic oxidation sites excluding steroid dienone is 1. The Morgan fingerprint density at radius 3 is 2.85 bits per heavy atom. The van der Waals surface area contributed by atoms with E-state index in [0.29, 0.717) is 23.9 Å². The number of H-pyrrole nitrogens is 1. The normalized spacial score (nSPS) is 20.5. The van der Waals surface area contributed by atoms with Crippen LogP contribution in [0.3, 0.4) is 0 Å². The van der Waals surface area contributed by atoms with Crippen LogP contribution in [0.25, 0.3) is 0 Å². The smallest absolute Gasteiger partial charge is 0.358 e. The molecular formula is C23H33CsFN6OSb. The maximum absolute atomic E-state index is 14.9. The third-order valence-electron chi connectivity index (χ3n) is 6.11. The van der Waals surface area contributed by atoms with Crippen molar-refractivity contribution >= 4 is 41.7 Å². The molecule has 1 aliphatic carbocycles. The third-order valence-corrected chi connectivity index (χ3v) is 11.2. The number of aromatic nitrogens is 2. The molecule has 33 heavy (non-hydrogen) atoms. The molecule has 1 saturated carbocycles. The van der Waals surface area contributed by atoms with Crippen molar-refractivity contribution in [2.75, 3.05) is 5.32 Å². The quantitative estimate of drug-likeness (QED) is 0.129. The van der Waals surface area contributed by atoms with E-state index in [1.807, 2.05) is 32.0 Å². The van der Waals surface area contributed by atoms with Gasteiger partial charge in [0.25, 0.3) is 0 Å². The van der Waals surface area contributed by atoms with Crippen molar-refractivity contribution in [3.63, 3.8) is 0 Å². The van der Waals surface area contributed by atoms with Crippen molar-refractivity contribution in [1.29, 1.82) is 5.41 Å². The molecule has 2 aromatic rings. The van der Waals surface area contributed by atoms with Gasteiger partial charge in [-0.2, -0.15) is 0 Å². The number of hydrogen-bond acceptors (Lipinski definition) is 6. The number of nitrogens with zero attached hydrogens (tertiary/aromatic N) is 1. The number of hydrogen-bond donors (Lipinski definition) is 5. The van der Waals surface area contributed by atoms with Gasteiger partial charge in [-0.05, 0) is 5.92 Å². The molecule has 0 amide bonds. The predicted molar refractivity (Wildman–Crippen MR) is 129 cm³/mol. The molecule has 2 unspecified atom stereocenters. The van der Waals surface area contributed by atoms with Gasteiger partial charge in [-0.1, -0.05) is 13.8 Å². The number of nitrogens with two attached hydrogens (primary N) is 1. The van der Waals surface area contributed by atoms with Crippen LogP contribution >= 0.6 is 0 Å². The molecule has 7 nitrogen and oxygen atoms in total. The summed E-state index contributed by atoms with van der Waals surface area (Å²) in [7, 11) is 0. The summed E-state index contributed by atoms with van der Waals surface area (Å²) in [6.45, 7) is 4.62. The van der Waals surface area contributed by atoms with E-state index in [4.69, 9.17) is 15.9 Å². The van der Waals surface area contributed by atoms with Crippen LogP contribution in [0.5, 0.6) is 0 Å². The van der Waals surface area contributed by atoms with E-state index in [9.17, 15) is 4.39 Å². The standard InChI is InChI=1S/C21H27FN6O.2CH3.Cs.Sb/c1-12(2)16(11-24)21(25)29-15-7-6-13(8-15)18-9-19(28-27-18)26-17-5-3-4-14(10-23)20(17)22;;;;/h3,5,9,11-13,15,23-24H,6-8,10,25H2,1-2H3,(H2,26,27,28);2*1H3;;/q-1;;-1;2*+1/b21-16-,24-11?;;;;. The molecule has 1 aromatic carbocycles. The first-order valence-electron chi connectivity index (χ1n) is 10.6.